The van der Waals surface area contributed by atoms with Gasteiger partial charge in [-0.1, -0.05) is 20.1 Å². The first-order valence-electron chi connectivity index (χ1n) is 8.98. The number of aliphatic hydroxyl groups is 3. The molecule has 0 amide bonds. The van der Waals surface area contributed by atoms with Crippen molar-refractivity contribution in [2.75, 3.05) is 0 Å². The minimum absolute atomic E-state index is 0.00258. The highest BCUT2D eigenvalue weighted by molar-refractivity contribution is 5.11. The van der Waals surface area contributed by atoms with Gasteiger partial charge in [-0.3, -0.25) is 0 Å². The molecule has 3 nitrogen and oxygen atoms in total. The van der Waals surface area contributed by atoms with Crippen molar-refractivity contribution in [3.05, 3.63) is 24.3 Å². The van der Waals surface area contributed by atoms with Crippen molar-refractivity contribution in [1.82, 2.24) is 0 Å². The fourth-order valence-electron chi connectivity index (χ4n) is 4.79. The standard InChI is InChI=1S/C20H34O3/c1-13-6-8-16-15(19(3,4)23)10-11-20(16,5)12-18(22)14(2)7-9-17(13)21/h15-18,21-23H,1-2,6-12H2,3-5H3/t15-,16-,17+,18+,20+/m0/s1. The second-order valence-electron chi connectivity index (χ2n) is 8.69. The Bertz CT molecular complexity index is 462. The van der Waals surface area contributed by atoms with Crippen LogP contribution in [0.5, 0.6) is 0 Å². The van der Waals surface area contributed by atoms with Crippen LogP contribution in [0.15, 0.2) is 24.3 Å². The molecule has 3 N–H and O–H groups in total. The van der Waals surface area contributed by atoms with Gasteiger partial charge in [0.15, 0.2) is 0 Å². The van der Waals surface area contributed by atoms with Crippen LogP contribution in [0.2, 0.25) is 0 Å². The molecule has 5 atom stereocenters. The van der Waals surface area contributed by atoms with Gasteiger partial charge in [0.05, 0.1) is 17.8 Å². The van der Waals surface area contributed by atoms with E-state index in [1.54, 1.807) is 0 Å². The van der Waals surface area contributed by atoms with Gasteiger partial charge in [-0.2, -0.15) is 0 Å². The van der Waals surface area contributed by atoms with Gasteiger partial charge in [0.1, 0.15) is 0 Å². The van der Waals surface area contributed by atoms with Crippen molar-refractivity contribution < 1.29 is 15.3 Å². The Morgan fingerprint density at radius 3 is 2.17 bits per heavy atom. The zero-order valence-electron chi connectivity index (χ0n) is 15.0. The third-order valence-corrected chi connectivity index (χ3v) is 6.43. The van der Waals surface area contributed by atoms with Crippen LogP contribution in [-0.4, -0.2) is 33.1 Å². The Labute approximate surface area is 141 Å². The summed E-state index contributed by atoms with van der Waals surface area (Å²) in [5, 5.41) is 31.4. The lowest BCUT2D eigenvalue weighted by atomic mass is 9.67. The number of hydrogen-bond acceptors (Lipinski definition) is 3. The molecule has 0 unspecified atom stereocenters. The van der Waals surface area contributed by atoms with Crippen molar-refractivity contribution in [1.29, 1.82) is 0 Å². The van der Waals surface area contributed by atoms with Gasteiger partial charge < -0.3 is 15.3 Å². The summed E-state index contributed by atoms with van der Waals surface area (Å²) in [6.07, 6.45) is 4.58. The molecule has 3 heteroatoms. The van der Waals surface area contributed by atoms with E-state index < -0.39 is 17.8 Å². The maximum atomic E-state index is 10.6. The Morgan fingerprint density at radius 1 is 1.00 bits per heavy atom. The molecule has 0 saturated heterocycles. The molecule has 0 spiro atoms. The molecule has 0 bridgehead atoms. The number of hydrogen-bond donors (Lipinski definition) is 3. The summed E-state index contributed by atoms with van der Waals surface area (Å²) < 4.78 is 0. The van der Waals surface area contributed by atoms with Crippen LogP contribution in [-0.2, 0) is 0 Å². The van der Waals surface area contributed by atoms with Gasteiger partial charge in [0.2, 0.25) is 0 Å². The van der Waals surface area contributed by atoms with Crippen molar-refractivity contribution in [3.63, 3.8) is 0 Å². The van der Waals surface area contributed by atoms with Gasteiger partial charge in [0, 0.05) is 0 Å². The number of aliphatic hydroxyl groups excluding tert-OH is 2. The van der Waals surface area contributed by atoms with Gasteiger partial charge >= 0.3 is 0 Å². The minimum Gasteiger partial charge on any atom is -0.390 e. The van der Waals surface area contributed by atoms with Crippen LogP contribution in [0.25, 0.3) is 0 Å². The largest absolute Gasteiger partial charge is 0.390 e. The van der Waals surface area contributed by atoms with E-state index in [0.717, 1.165) is 36.8 Å². The van der Waals surface area contributed by atoms with Gasteiger partial charge in [-0.25, -0.2) is 0 Å². The van der Waals surface area contributed by atoms with E-state index in [9.17, 15) is 15.3 Å². The lowest BCUT2D eigenvalue weighted by molar-refractivity contribution is -0.0227. The lowest BCUT2D eigenvalue weighted by Crippen LogP contribution is -2.38. The third-order valence-electron chi connectivity index (χ3n) is 6.43. The highest BCUT2D eigenvalue weighted by Crippen LogP contribution is 2.55. The monoisotopic (exact) mass is 322 g/mol. The van der Waals surface area contributed by atoms with E-state index in [2.05, 4.69) is 20.1 Å². The Kier molecular flexibility index (Phi) is 5.44. The summed E-state index contributed by atoms with van der Waals surface area (Å²) in [6, 6.07) is 0. The second kappa shape index (κ2) is 6.70. The molecule has 2 saturated carbocycles. The topological polar surface area (TPSA) is 60.7 Å². The molecule has 132 valence electrons. The third kappa shape index (κ3) is 4.07. The normalized spacial score (nSPS) is 40.6. The number of fused-ring (bicyclic) bond motifs is 1. The fourth-order valence-corrected chi connectivity index (χ4v) is 4.79. The maximum absolute atomic E-state index is 10.6. The van der Waals surface area contributed by atoms with Crippen LogP contribution in [0.1, 0.15) is 65.7 Å². The summed E-state index contributed by atoms with van der Waals surface area (Å²) in [5.41, 5.74) is 0.969. The van der Waals surface area contributed by atoms with E-state index in [0.29, 0.717) is 25.2 Å². The van der Waals surface area contributed by atoms with Crippen molar-refractivity contribution in [2.24, 2.45) is 17.3 Å². The van der Waals surface area contributed by atoms with E-state index in [4.69, 9.17) is 0 Å². The average Bonchev–Trinajstić information content (AvgIpc) is 2.77. The predicted molar refractivity (Wildman–Crippen MR) is 94.0 cm³/mol. The first-order valence-corrected chi connectivity index (χ1v) is 8.98. The molecule has 2 aliphatic carbocycles. The summed E-state index contributed by atoms with van der Waals surface area (Å²) in [6.45, 7) is 14.1. The lowest BCUT2D eigenvalue weighted by Gasteiger charge is -2.40. The van der Waals surface area contributed by atoms with E-state index in [1.807, 2.05) is 13.8 Å². The SMILES string of the molecule is C=C1CC[C@H]2[C@@H](C(C)(C)O)CC[C@]2(C)C[C@@H](O)C(=C)CC[C@H]1O. The zero-order valence-corrected chi connectivity index (χ0v) is 15.0. The molecule has 0 aromatic carbocycles. The summed E-state index contributed by atoms with van der Waals surface area (Å²) in [4.78, 5) is 0. The molecule has 2 rings (SSSR count). The smallest absolute Gasteiger partial charge is 0.0752 e. The molecule has 0 radical (unpaired) electrons. The highest BCUT2D eigenvalue weighted by Gasteiger charge is 2.50. The number of rotatable bonds is 1. The van der Waals surface area contributed by atoms with E-state index >= 15 is 0 Å². The van der Waals surface area contributed by atoms with Crippen molar-refractivity contribution >= 4 is 0 Å². The van der Waals surface area contributed by atoms with Crippen LogP contribution in [0, 0.1) is 17.3 Å². The van der Waals surface area contributed by atoms with Crippen LogP contribution >= 0.6 is 0 Å². The maximum Gasteiger partial charge on any atom is 0.0752 e. The Hall–Kier alpha value is -0.640. The first kappa shape index (κ1) is 18.7. The summed E-state index contributed by atoms with van der Waals surface area (Å²) in [5.74, 6) is 0.547. The average molecular weight is 322 g/mol. The van der Waals surface area contributed by atoms with Gasteiger partial charge in [0.25, 0.3) is 0 Å². The van der Waals surface area contributed by atoms with E-state index in [-0.39, 0.29) is 11.3 Å². The molecule has 2 aliphatic rings. The molecule has 23 heavy (non-hydrogen) atoms. The molecule has 0 heterocycles. The molecular formula is C20H34O3. The Balaban J connectivity index is 2.30. The highest BCUT2D eigenvalue weighted by atomic mass is 16.3. The molecule has 0 aromatic rings. The molecular weight excluding hydrogens is 288 g/mol. The molecule has 0 aromatic heterocycles. The van der Waals surface area contributed by atoms with E-state index in [1.165, 1.54) is 0 Å². The van der Waals surface area contributed by atoms with Crippen LogP contribution < -0.4 is 0 Å². The van der Waals surface area contributed by atoms with Crippen molar-refractivity contribution in [3.8, 4) is 0 Å². The van der Waals surface area contributed by atoms with Crippen molar-refractivity contribution in [2.45, 2.75) is 83.5 Å². The quantitative estimate of drug-likeness (QED) is 0.647. The molecule has 0 aliphatic heterocycles. The van der Waals surface area contributed by atoms with Gasteiger partial charge in [-0.15, -0.1) is 0 Å². The summed E-state index contributed by atoms with van der Waals surface area (Å²) in [7, 11) is 0. The first-order chi connectivity index (χ1) is 10.5. The van der Waals surface area contributed by atoms with Crippen LogP contribution in [0.3, 0.4) is 0 Å². The second-order valence-corrected chi connectivity index (χ2v) is 8.69. The minimum atomic E-state index is -0.718. The van der Waals surface area contributed by atoms with Crippen LogP contribution in [0.4, 0.5) is 0 Å². The zero-order chi connectivity index (χ0) is 17.4. The summed E-state index contributed by atoms with van der Waals surface area (Å²) >= 11 is 0. The van der Waals surface area contributed by atoms with Gasteiger partial charge in [-0.05, 0) is 87.2 Å². The fraction of sp³-hybridized carbons (Fsp3) is 0.800. The Morgan fingerprint density at radius 2 is 1.57 bits per heavy atom. The predicted octanol–water partition coefficient (Wildman–Crippen LogP) is 3.59. The molecule has 2 fully saturated rings.